The number of nitrogens with zero attached hydrogens (tertiary/aromatic N) is 6. The van der Waals surface area contributed by atoms with E-state index >= 15 is 4.39 Å². The average Bonchev–Trinajstić information content (AvgIpc) is 2.96. The molecule has 1 aliphatic rings. The van der Waals surface area contributed by atoms with E-state index in [0.29, 0.717) is 48.8 Å². The topological polar surface area (TPSA) is 133 Å². The zero-order valence-corrected chi connectivity index (χ0v) is 24.3. The number of benzene rings is 1. The van der Waals surface area contributed by atoms with Crippen LogP contribution in [0.1, 0.15) is 35.5 Å². The van der Waals surface area contributed by atoms with Gasteiger partial charge in [-0.15, -0.1) is 0 Å². The van der Waals surface area contributed by atoms with Crippen LogP contribution >= 0.6 is 0 Å². The minimum atomic E-state index is -1.84. The first-order chi connectivity index (χ1) is 19.6. The maximum absolute atomic E-state index is 16.2. The Balaban J connectivity index is 1.72. The molecule has 0 radical (unpaired) electrons. The van der Waals surface area contributed by atoms with E-state index in [1.165, 1.54) is 22.8 Å². The molecule has 0 spiro atoms. The Labute approximate surface area is 241 Å². The minimum Gasteiger partial charge on any atom is -0.377 e. The highest BCUT2D eigenvalue weighted by molar-refractivity contribution is 7.82. The van der Waals surface area contributed by atoms with Gasteiger partial charge >= 0.3 is 0 Å². The Morgan fingerprint density at radius 3 is 2.34 bits per heavy atom. The normalized spacial score (nSPS) is 14.6. The minimum absolute atomic E-state index is 0.180. The summed E-state index contributed by atoms with van der Waals surface area (Å²) in [6.07, 6.45) is 3.55. The Kier molecular flexibility index (Phi) is 9.31. The van der Waals surface area contributed by atoms with Crippen LogP contribution in [0.3, 0.4) is 0 Å². The summed E-state index contributed by atoms with van der Waals surface area (Å²) in [6, 6.07) is 12.6. The largest absolute Gasteiger partial charge is 0.377 e. The molecule has 1 saturated heterocycles. The number of aromatic nitrogens is 3. The summed E-state index contributed by atoms with van der Waals surface area (Å²) in [5.41, 5.74) is 2.71. The zero-order valence-electron chi connectivity index (χ0n) is 23.5. The third kappa shape index (κ3) is 7.06. The number of piperazine rings is 1. The molecule has 2 aromatic heterocycles. The lowest BCUT2D eigenvalue weighted by Crippen LogP contribution is -2.48. The van der Waals surface area contributed by atoms with Gasteiger partial charge in [-0.1, -0.05) is 17.7 Å². The van der Waals surface area contributed by atoms with Crippen LogP contribution < -0.4 is 25.8 Å². The fourth-order valence-electron chi connectivity index (χ4n) is 4.68. The Morgan fingerprint density at radius 1 is 1.05 bits per heavy atom. The lowest BCUT2D eigenvalue weighted by Gasteiger charge is -2.37. The Morgan fingerprint density at radius 2 is 1.71 bits per heavy atom. The summed E-state index contributed by atoms with van der Waals surface area (Å²) in [4.78, 5) is 25.8. The number of hydrogen-bond donors (Lipinski definition) is 2. The second-order valence-corrected chi connectivity index (χ2v) is 10.9. The molecule has 10 nitrogen and oxygen atoms in total. The summed E-state index contributed by atoms with van der Waals surface area (Å²) in [7, 11) is -0.274. The molecule has 1 unspecified atom stereocenters. The van der Waals surface area contributed by atoms with E-state index in [9.17, 15) is 14.3 Å². The van der Waals surface area contributed by atoms with Crippen LogP contribution in [0.5, 0.6) is 0 Å². The van der Waals surface area contributed by atoms with Gasteiger partial charge < -0.3 is 15.1 Å². The van der Waals surface area contributed by atoms with Crippen LogP contribution in [0.25, 0.3) is 0 Å². The van der Waals surface area contributed by atoms with Crippen LogP contribution in [0.15, 0.2) is 64.5 Å². The van der Waals surface area contributed by atoms with Gasteiger partial charge in [0.25, 0.3) is 5.56 Å². The number of rotatable bonds is 6. The SMILES string of the molecule is Cc1ccc(=O)n(C)c(N2CCN(c3cnc(C)nc3)CC2)c(F)cc([C@@H](C)Nc2ccc(C#N)cc2S(N)=O)c1. The smallest absolute Gasteiger partial charge is 0.251 e. The van der Waals surface area contributed by atoms with Crippen molar-refractivity contribution in [2.75, 3.05) is 41.3 Å². The number of nitrogens with one attached hydrogen (secondary N) is 1. The summed E-state index contributed by atoms with van der Waals surface area (Å²) >= 11 is 0. The number of hydrogen-bond acceptors (Lipinski definition) is 8. The van der Waals surface area contributed by atoms with Gasteiger partial charge in [0.05, 0.1) is 40.3 Å². The third-order valence-corrected chi connectivity index (χ3v) is 7.72. The molecule has 0 amide bonds. The van der Waals surface area contributed by atoms with Gasteiger partial charge in [-0.05, 0) is 50.6 Å². The van der Waals surface area contributed by atoms with Crippen LogP contribution in [-0.4, -0.2) is 44.9 Å². The molecule has 1 fully saturated rings. The molecule has 0 saturated carbocycles. The molecule has 3 N–H and O–H groups in total. The molecule has 3 heterocycles. The zero-order chi connectivity index (χ0) is 29.7. The lowest BCUT2D eigenvalue weighted by atomic mass is 10.1. The first kappa shape index (κ1) is 29.6. The van der Waals surface area contributed by atoms with Crippen LogP contribution in [0.2, 0.25) is 0 Å². The van der Waals surface area contributed by atoms with Gasteiger partial charge in [0.2, 0.25) is 0 Å². The van der Waals surface area contributed by atoms with Crippen molar-refractivity contribution in [1.82, 2.24) is 14.5 Å². The first-order valence-electron chi connectivity index (χ1n) is 13.1. The highest BCUT2D eigenvalue weighted by atomic mass is 32.2. The van der Waals surface area contributed by atoms with E-state index in [1.807, 2.05) is 31.7 Å². The van der Waals surface area contributed by atoms with Crippen LogP contribution in [-0.2, 0) is 18.0 Å². The molecule has 1 aromatic carbocycles. The average molecular weight is 577 g/mol. The van der Waals surface area contributed by atoms with Crippen molar-refractivity contribution in [2.24, 2.45) is 12.2 Å². The predicted molar refractivity (Wildman–Crippen MR) is 159 cm³/mol. The number of nitrogens with two attached hydrogens (primary N) is 1. The van der Waals surface area contributed by atoms with Crippen LogP contribution in [0.4, 0.5) is 21.6 Å². The number of aryl methyl sites for hydroxylation is 2. The lowest BCUT2D eigenvalue weighted by molar-refractivity contribution is 0.571. The molecule has 0 aliphatic carbocycles. The van der Waals surface area contributed by atoms with Crippen molar-refractivity contribution in [3.05, 3.63) is 93.5 Å². The molecule has 214 valence electrons. The summed E-state index contributed by atoms with van der Waals surface area (Å²) in [5.74, 6) is 0.314. The molecule has 1 aliphatic heterocycles. The highest BCUT2D eigenvalue weighted by Crippen LogP contribution is 2.27. The molecule has 2 atom stereocenters. The second kappa shape index (κ2) is 12.9. The molecule has 41 heavy (non-hydrogen) atoms. The third-order valence-electron chi connectivity index (χ3n) is 6.95. The van der Waals surface area contributed by atoms with Crippen molar-refractivity contribution in [3.63, 3.8) is 0 Å². The standard InChI is InChI=1S/C29H33FN8O2S/c1-19-5-8-28(39)36(4)29(38-11-9-37(10-12-38)24-17-33-21(3)34-18-24)25(30)15-23(13-19)20(2)35-26-7-6-22(16-31)14-27(26)41(32)40/h5-8,13-15,17-18,20,35H,9-12,32H2,1-4H3/t20-,41?/m1/s1. The summed E-state index contributed by atoms with van der Waals surface area (Å²) in [5, 5.41) is 18.1. The van der Waals surface area contributed by atoms with E-state index in [1.54, 1.807) is 43.7 Å². The van der Waals surface area contributed by atoms with Crippen molar-refractivity contribution in [2.45, 2.75) is 31.7 Å². The van der Waals surface area contributed by atoms with Crippen LogP contribution in [0, 0.1) is 31.0 Å². The highest BCUT2D eigenvalue weighted by Gasteiger charge is 2.22. The van der Waals surface area contributed by atoms with Gasteiger partial charge in [0.15, 0.2) is 5.82 Å². The molecule has 4 rings (SSSR count). The van der Waals surface area contributed by atoms with Crippen molar-refractivity contribution < 1.29 is 8.60 Å². The fourth-order valence-corrected chi connectivity index (χ4v) is 5.26. The molecule has 0 bridgehead atoms. The van der Waals surface area contributed by atoms with Crippen molar-refractivity contribution in [3.8, 4) is 6.07 Å². The Hall–Kier alpha value is -4.34. The quantitative estimate of drug-likeness (QED) is 0.456. The van der Waals surface area contributed by atoms with E-state index < -0.39 is 22.8 Å². The van der Waals surface area contributed by atoms with E-state index in [-0.39, 0.29) is 16.3 Å². The van der Waals surface area contributed by atoms with Crippen molar-refractivity contribution in [1.29, 1.82) is 5.26 Å². The summed E-state index contributed by atoms with van der Waals surface area (Å²) < 4.78 is 29.7. The van der Waals surface area contributed by atoms with E-state index in [0.717, 1.165) is 11.3 Å². The Bertz CT molecular complexity index is 1610. The number of halogens is 1. The first-order valence-corrected chi connectivity index (χ1v) is 14.3. The molecule has 3 aromatic rings. The van der Waals surface area contributed by atoms with Crippen molar-refractivity contribution >= 4 is 28.2 Å². The van der Waals surface area contributed by atoms with Gasteiger partial charge in [-0.2, -0.15) is 5.26 Å². The maximum atomic E-state index is 16.2. The molecular weight excluding hydrogens is 543 g/mol. The fraction of sp³-hybridized carbons (Fsp3) is 0.310. The molecular formula is C29H33FN8O2S. The predicted octanol–water partition coefficient (Wildman–Crippen LogP) is 3.41. The molecule has 12 heteroatoms. The van der Waals surface area contributed by atoms with Gasteiger partial charge in [-0.3, -0.25) is 9.36 Å². The van der Waals surface area contributed by atoms with Gasteiger partial charge in [-0.25, -0.2) is 23.7 Å². The number of nitriles is 1. The number of anilines is 3. The monoisotopic (exact) mass is 576 g/mol. The van der Waals surface area contributed by atoms with Gasteiger partial charge in [0.1, 0.15) is 22.6 Å². The van der Waals surface area contributed by atoms with Gasteiger partial charge in [0, 0.05) is 45.3 Å². The van der Waals surface area contributed by atoms with E-state index in [2.05, 4.69) is 20.2 Å². The maximum Gasteiger partial charge on any atom is 0.251 e. The van der Waals surface area contributed by atoms with E-state index in [4.69, 9.17) is 5.14 Å². The summed E-state index contributed by atoms with van der Waals surface area (Å²) in [6.45, 7) is 7.68. The second-order valence-electron chi connectivity index (χ2n) is 9.88.